The maximum atomic E-state index is 12.9. The lowest BCUT2D eigenvalue weighted by atomic mass is 9.65. The minimum absolute atomic E-state index is 0.476. The summed E-state index contributed by atoms with van der Waals surface area (Å²) in [7, 11) is 3.49. The Morgan fingerprint density at radius 2 is 1.94 bits per heavy atom. The summed E-state index contributed by atoms with van der Waals surface area (Å²) in [6.07, 6.45) is 5.25. The van der Waals surface area contributed by atoms with E-state index in [0.717, 1.165) is 11.0 Å². The average Bonchev–Trinajstić information content (AvgIpc) is 3.15. The summed E-state index contributed by atoms with van der Waals surface area (Å²) in [5.74, 6) is 0.317. The fourth-order valence-corrected chi connectivity index (χ4v) is 4.35. The first-order valence-electron chi connectivity index (χ1n) is 10.4. The van der Waals surface area contributed by atoms with Crippen molar-refractivity contribution in [2.75, 3.05) is 13.7 Å². The van der Waals surface area contributed by atoms with Crippen molar-refractivity contribution in [3.63, 3.8) is 0 Å². The van der Waals surface area contributed by atoms with Gasteiger partial charge < -0.3 is 19.1 Å². The van der Waals surface area contributed by atoms with Crippen molar-refractivity contribution in [2.24, 2.45) is 13.0 Å². The number of aryl methyl sites for hydroxylation is 1. The second-order valence-electron chi connectivity index (χ2n) is 7.72. The van der Waals surface area contributed by atoms with Crippen LogP contribution in [-0.4, -0.2) is 34.3 Å². The lowest BCUT2D eigenvalue weighted by molar-refractivity contribution is -0.142. The molecular weight excluding hydrogens is 404 g/mol. The fraction of sp³-hybridized carbons (Fsp3) is 0.231. The number of rotatable bonds is 7. The molecule has 1 N–H and O–H groups in total. The molecule has 6 heteroatoms. The molecule has 0 bridgehead atoms. The molecule has 32 heavy (non-hydrogen) atoms. The molecule has 0 spiro atoms. The number of hydrogen-bond acceptors (Lipinski definition) is 4. The predicted octanol–water partition coefficient (Wildman–Crippen LogP) is 4.72. The summed E-state index contributed by atoms with van der Waals surface area (Å²) in [6.45, 7) is 6.70. The molecule has 4 rings (SSSR count). The van der Waals surface area contributed by atoms with Crippen molar-refractivity contribution in [1.29, 1.82) is 0 Å². The topological polar surface area (TPSA) is 73.6 Å². The van der Waals surface area contributed by atoms with Crippen molar-refractivity contribution >= 4 is 22.6 Å². The first kappa shape index (κ1) is 21.4. The number of hydrogen-bond donors (Lipinski definition) is 1. The van der Waals surface area contributed by atoms with Crippen LogP contribution in [0.5, 0.6) is 5.75 Å². The van der Waals surface area contributed by atoms with Gasteiger partial charge in [-0.2, -0.15) is 0 Å². The van der Waals surface area contributed by atoms with Gasteiger partial charge in [0.15, 0.2) is 0 Å². The van der Waals surface area contributed by atoms with Crippen molar-refractivity contribution in [3.05, 3.63) is 90.5 Å². The Morgan fingerprint density at radius 1 is 1.22 bits per heavy atom. The summed E-state index contributed by atoms with van der Waals surface area (Å²) in [6, 6.07) is 14.9. The van der Waals surface area contributed by atoms with Gasteiger partial charge in [-0.1, -0.05) is 36.9 Å². The highest BCUT2D eigenvalue weighted by molar-refractivity contribution is 5.90. The summed E-state index contributed by atoms with van der Waals surface area (Å²) in [5.41, 5.74) is 1.63. The number of benzene rings is 2. The molecular formula is C26H26N2O4. The summed E-state index contributed by atoms with van der Waals surface area (Å²) in [5, 5.41) is 10.5. The summed E-state index contributed by atoms with van der Waals surface area (Å²) in [4.78, 5) is 17.6. The lowest BCUT2D eigenvalue weighted by Crippen LogP contribution is -2.43. The minimum atomic E-state index is -1.37. The van der Waals surface area contributed by atoms with E-state index in [2.05, 4.69) is 6.58 Å². The molecule has 1 heterocycles. The molecule has 164 valence electrons. The van der Waals surface area contributed by atoms with E-state index < -0.39 is 17.3 Å². The Hall–Kier alpha value is -3.80. The number of para-hydroxylation sites is 2. The summed E-state index contributed by atoms with van der Waals surface area (Å²) < 4.78 is 12.9. The van der Waals surface area contributed by atoms with Gasteiger partial charge in [0.25, 0.3) is 0 Å². The third kappa shape index (κ3) is 3.38. The second-order valence-corrected chi connectivity index (χ2v) is 7.72. The van der Waals surface area contributed by atoms with Crippen molar-refractivity contribution in [1.82, 2.24) is 9.55 Å². The first-order chi connectivity index (χ1) is 15.4. The molecule has 0 aliphatic heterocycles. The van der Waals surface area contributed by atoms with Gasteiger partial charge in [0.1, 0.15) is 22.7 Å². The number of fused-ring (bicyclic) bond motifs is 1. The van der Waals surface area contributed by atoms with Gasteiger partial charge in [0.2, 0.25) is 0 Å². The molecule has 2 aromatic carbocycles. The number of imidazole rings is 1. The zero-order valence-electron chi connectivity index (χ0n) is 18.4. The van der Waals surface area contributed by atoms with Crippen LogP contribution in [0.15, 0.2) is 79.1 Å². The van der Waals surface area contributed by atoms with Gasteiger partial charge in [-0.15, -0.1) is 0 Å². The van der Waals surface area contributed by atoms with Crippen LogP contribution in [0.4, 0.5) is 0 Å². The first-order valence-corrected chi connectivity index (χ1v) is 10.4. The molecule has 1 aliphatic rings. The molecule has 6 nitrogen and oxygen atoms in total. The quantitative estimate of drug-likeness (QED) is 0.587. The number of carboxylic acids is 1. The number of methoxy groups -OCH3 is 1. The number of ether oxygens (including phenoxy) is 2. The van der Waals surface area contributed by atoms with Gasteiger partial charge >= 0.3 is 5.97 Å². The monoisotopic (exact) mass is 430 g/mol. The molecule has 0 amide bonds. The highest BCUT2D eigenvalue weighted by Crippen LogP contribution is 2.46. The van der Waals surface area contributed by atoms with E-state index in [1.807, 2.05) is 48.9 Å². The van der Waals surface area contributed by atoms with Crippen LogP contribution < -0.4 is 4.74 Å². The minimum Gasteiger partial charge on any atom is -0.497 e. The Labute approximate surface area is 187 Å². The molecule has 0 saturated carbocycles. The second kappa shape index (κ2) is 8.38. The standard InChI is InChI=1S/C26H26N2O4/c1-5-32-20-14-15-26(25(29)30,18-10-12-19(31-4)13-11-18)21(16-20)17(2)24-27-22-8-6-7-9-23(22)28(24)3/h6-16,21H,2,5H2,1,3-4H3,(H,29,30). The zero-order valence-corrected chi connectivity index (χ0v) is 18.4. The maximum absolute atomic E-state index is 12.9. The van der Waals surface area contributed by atoms with Crippen LogP contribution >= 0.6 is 0 Å². The highest BCUT2D eigenvalue weighted by atomic mass is 16.5. The Morgan fingerprint density at radius 3 is 2.56 bits per heavy atom. The third-order valence-electron chi connectivity index (χ3n) is 6.01. The van der Waals surface area contributed by atoms with Gasteiger partial charge in [0, 0.05) is 13.0 Å². The van der Waals surface area contributed by atoms with E-state index in [9.17, 15) is 9.90 Å². The van der Waals surface area contributed by atoms with Crippen LogP contribution in [0, 0.1) is 5.92 Å². The maximum Gasteiger partial charge on any atom is 0.319 e. The van der Waals surface area contributed by atoms with Crippen LogP contribution in [-0.2, 0) is 22.0 Å². The van der Waals surface area contributed by atoms with Gasteiger partial charge in [-0.05, 0) is 54.5 Å². The van der Waals surface area contributed by atoms with Gasteiger partial charge in [-0.25, -0.2) is 4.98 Å². The molecule has 2 unspecified atom stereocenters. The Balaban J connectivity index is 1.89. The largest absolute Gasteiger partial charge is 0.497 e. The average molecular weight is 431 g/mol. The molecule has 0 radical (unpaired) electrons. The van der Waals surface area contributed by atoms with Gasteiger partial charge in [0.05, 0.1) is 24.8 Å². The number of carbonyl (C=O) groups is 1. The van der Waals surface area contributed by atoms with Crippen LogP contribution in [0.3, 0.4) is 0 Å². The molecule has 0 saturated heterocycles. The van der Waals surface area contributed by atoms with Crippen LogP contribution in [0.25, 0.3) is 16.6 Å². The highest BCUT2D eigenvalue weighted by Gasteiger charge is 2.48. The van der Waals surface area contributed by atoms with Gasteiger partial charge in [-0.3, -0.25) is 4.79 Å². The van der Waals surface area contributed by atoms with E-state index in [4.69, 9.17) is 14.5 Å². The molecule has 1 aromatic heterocycles. The van der Waals surface area contributed by atoms with E-state index in [0.29, 0.717) is 35.1 Å². The number of allylic oxidation sites excluding steroid dienone is 3. The van der Waals surface area contributed by atoms with Crippen molar-refractivity contribution in [3.8, 4) is 5.75 Å². The van der Waals surface area contributed by atoms with Crippen LogP contribution in [0.2, 0.25) is 0 Å². The normalized spacial score (nSPS) is 20.1. The number of carboxylic acid groups (broad SMARTS) is 1. The summed E-state index contributed by atoms with van der Waals surface area (Å²) >= 11 is 0. The van der Waals surface area contributed by atoms with E-state index in [-0.39, 0.29) is 0 Å². The Bertz CT molecular complexity index is 1240. The third-order valence-corrected chi connectivity index (χ3v) is 6.01. The van der Waals surface area contributed by atoms with E-state index in [1.54, 1.807) is 43.5 Å². The van der Waals surface area contributed by atoms with Crippen molar-refractivity contribution < 1.29 is 19.4 Å². The lowest BCUT2D eigenvalue weighted by Gasteiger charge is -2.37. The zero-order chi connectivity index (χ0) is 22.9. The number of aromatic nitrogens is 2. The Kier molecular flexibility index (Phi) is 5.61. The number of nitrogens with zero attached hydrogens (tertiary/aromatic N) is 2. The molecule has 0 fully saturated rings. The molecule has 1 aliphatic carbocycles. The van der Waals surface area contributed by atoms with E-state index >= 15 is 0 Å². The SMILES string of the molecule is C=C(c1nc2ccccc2n1C)C1C=C(OCC)C=CC1(C(=O)O)c1ccc(OC)cc1. The predicted molar refractivity (Wildman–Crippen MR) is 124 cm³/mol. The molecule has 3 aromatic rings. The number of aliphatic carboxylic acids is 1. The van der Waals surface area contributed by atoms with Crippen molar-refractivity contribution in [2.45, 2.75) is 12.3 Å². The van der Waals surface area contributed by atoms with E-state index in [1.165, 1.54) is 0 Å². The smallest absolute Gasteiger partial charge is 0.319 e. The molecule has 2 atom stereocenters. The van der Waals surface area contributed by atoms with Crippen LogP contribution in [0.1, 0.15) is 18.3 Å². The fourth-order valence-electron chi connectivity index (χ4n) is 4.35.